The number of hydrogen-bond acceptors (Lipinski definition) is 3. The van der Waals surface area contributed by atoms with Crippen molar-refractivity contribution in [1.82, 2.24) is 19.5 Å². The van der Waals surface area contributed by atoms with Crippen LogP contribution in [0.3, 0.4) is 0 Å². The second-order valence-electron chi connectivity index (χ2n) is 6.52. The molecule has 5 heteroatoms. The van der Waals surface area contributed by atoms with Crippen LogP contribution in [-0.4, -0.2) is 19.5 Å². The predicted molar refractivity (Wildman–Crippen MR) is 74.0 cm³/mol. The van der Waals surface area contributed by atoms with Gasteiger partial charge in [0.05, 0.1) is 6.33 Å². The summed E-state index contributed by atoms with van der Waals surface area (Å²) in [6.07, 6.45) is 7.48. The van der Waals surface area contributed by atoms with Crippen molar-refractivity contribution in [2.75, 3.05) is 0 Å². The van der Waals surface area contributed by atoms with E-state index in [1.54, 1.807) is 0 Å². The lowest BCUT2D eigenvalue weighted by Crippen LogP contribution is -2.32. The fourth-order valence-electron chi connectivity index (χ4n) is 4.44. The Balaban J connectivity index is 1.89. The summed E-state index contributed by atoms with van der Waals surface area (Å²) in [5, 5.41) is 0.449. The van der Waals surface area contributed by atoms with Crippen LogP contribution in [0.4, 0.5) is 0 Å². The van der Waals surface area contributed by atoms with Gasteiger partial charge in [-0.25, -0.2) is 15.0 Å². The Bertz CT molecular complexity index is 648. The first-order chi connectivity index (χ1) is 9.09. The van der Waals surface area contributed by atoms with E-state index in [1.807, 2.05) is 6.33 Å². The third-order valence-electron chi connectivity index (χ3n) is 5.35. The molecule has 0 aliphatic heterocycles. The summed E-state index contributed by atoms with van der Waals surface area (Å²) in [6.45, 7) is 4.77. The molecule has 2 fully saturated rings. The fourth-order valence-corrected chi connectivity index (χ4v) is 4.62. The summed E-state index contributed by atoms with van der Waals surface area (Å²) in [4.78, 5) is 12.8. The smallest absolute Gasteiger partial charge is 0.165 e. The Morgan fingerprint density at radius 1 is 1.26 bits per heavy atom. The molecule has 2 aromatic heterocycles. The minimum absolute atomic E-state index is 0.313. The van der Waals surface area contributed by atoms with E-state index < -0.39 is 0 Å². The molecular formula is C14H17ClN4. The van der Waals surface area contributed by atoms with Crippen LogP contribution < -0.4 is 0 Å². The minimum Gasteiger partial charge on any atom is -0.311 e. The fraction of sp³-hybridized carbons (Fsp3) is 0.643. The summed E-state index contributed by atoms with van der Waals surface area (Å²) < 4.78 is 2.24. The second kappa shape index (κ2) is 3.69. The van der Waals surface area contributed by atoms with Crippen molar-refractivity contribution in [3.63, 3.8) is 0 Å². The normalized spacial score (nSPS) is 32.3. The molecule has 4 nitrogen and oxygen atoms in total. The number of nitrogens with zero attached hydrogens (tertiary/aromatic N) is 4. The van der Waals surface area contributed by atoms with E-state index in [2.05, 4.69) is 33.4 Å². The molecule has 3 atom stereocenters. The van der Waals surface area contributed by atoms with Gasteiger partial charge in [0.1, 0.15) is 11.8 Å². The lowest BCUT2D eigenvalue weighted by atomic mass is 9.73. The SMILES string of the molecule is CC1(C)[C@H]2CC[C@H](C2)[C@@H]1n1cnc2c(Cl)ncnc21. The maximum absolute atomic E-state index is 6.10. The molecule has 2 aliphatic rings. The zero-order valence-electron chi connectivity index (χ0n) is 11.2. The first kappa shape index (κ1) is 11.6. The van der Waals surface area contributed by atoms with Crippen LogP contribution in [0.5, 0.6) is 0 Å². The van der Waals surface area contributed by atoms with Gasteiger partial charge in [-0.2, -0.15) is 0 Å². The van der Waals surface area contributed by atoms with Gasteiger partial charge in [-0.1, -0.05) is 25.4 Å². The molecule has 2 aromatic rings. The number of imidazole rings is 1. The minimum atomic E-state index is 0.313. The van der Waals surface area contributed by atoms with Crippen LogP contribution in [-0.2, 0) is 0 Å². The Morgan fingerprint density at radius 2 is 2.11 bits per heavy atom. The van der Waals surface area contributed by atoms with Gasteiger partial charge in [-0.15, -0.1) is 0 Å². The van der Waals surface area contributed by atoms with Crippen LogP contribution in [0.25, 0.3) is 11.2 Å². The number of halogens is 1. The van der Waals surface area contributed by atoms with Crippen molar-refractivity contribution in [1.29, 1.82) is 0 Å². The zero-order chi connectivity index (χ0) is 13.2. The third kappa shape index (κ3) is 1.43. The van der Waals surface area contributed by atoms with Gasteiger partial charge in [0.25, 0.3) is 0 Å². The molecule has 19 heavy (non-hydrogen) atoms. The molecule has 0 aromatic carbocycles. The summed E-state index contributed by atoms with van der Waals surface area (Å²) in [5.41, 5.74) is 1.92. The first-order valence-electron chi connectivity index (χ1n) is 6.92. The molecule has 0 spiro atoms. The highest BCUT2D eigenvalue weighted by Crippen LogP contribution is 2.61. The highest BCUT2D eigenvalue weighted by Gasteiger charge is 2.53. The van der Waals surface area contributed by atoms with E-state index in [4.69, 9.17) is 11.6 Å². The molecular weight excluding hydrogens is 260 g/mol. The van der Waals surface area contributed by atoms with Crippen LogP contribution in [0.2, 0.25) is 5.15 Å². The molecule has 0 amide bonds. The predicted octanol–water partition coefficient (Wildman–Crippen LogP) is 3.48. The summed E-state index contributed by atoms with van der Waals surface area (Å²) in [7, 11) is 0. The quantitative estimate of drug-likeness (QED) is 0.749. The molecule has 0 unspecified atom stereocenters. The molecule has 0 saturated heterocycles. The van der Waals surface area contributed by atoms with Crippen molar-refractivity contribution in [3.8, 4) is 0 Å². The van der Waals surface area contributed by atoms with Crippen molar-refractivity contribution in [2.45, 2.75) is 39.2 Å². The topological polar surface area (TPSA) is 43.6 Å². The molecule has 100 valence electrons. The van der Waals surface area contributed by atoms with Gasteiger partial charge in [-0.3, -0.25) is 0 Å². The Labute approximate surface area is 117 Å². The summed E-state index contributed by atoms with van der Waals surface area (Å²) >= 11 is 6.10. The lowest BCUT2D eigenvalue weighted by molar-refractivity contribution is 0.131. The highest BCUT2D eigenvalue weighted by atomic mass is 35.5. The van der Waals surface area contributed by atoms with E-state index in [1.165, 1.54) is 25.6 Å². The maximum atomic E-state index is 6.10. The zero-order valence-corrected chi connectivity index (χ0v) is 11.9. The van der Waals surface area contributed by atoms with E-state index in [9.17, 15) is 0 Å². The van der Waals surface area contributed by atoms with E-state index >= 15 is 0 Å². The monoisotopic (exact) mass is 276 g/mol. The van der Waals surface area contributed by atoms with Gasteiger partial charge in [0, 0.05) is 6.04 Å². The Morgan fingerprint density at radius 3 is 2.84 bits per heavy atom. The molecule has 2 aliphatic carbocycles. The number of hydrogen-bond donors (Lipinski definition) is 0. The third-order valence-corrected chi connectivity index (χ3v) is 5.62. The largest absolute Gasteiger partial charge is 0.311 e. The van der Waals surface area contributed by atoms with Crippen LogP contribution >= 0.6 is 11.6 Å². The van der Waals surface area contributed by atoms with Crippen molar-refractivity contribution >= 4 is 22.8 Å². The number of fused-ring (bicyclic) bond motifs is 3. The van der Waals surface area contributed by atoms with E-state index in [0.717, 1.165) is 23.0 Å². The molecule has 2 bridgehead atoms. The van der Waals surface area contributed by atoms with Crippen LogP contribution in [0.1, 0.15) is 39.2 Å². The summed E-state index contributed by atoms with van der Waals surface area (Å²) in [5.74, 6) is 1.59. The highest BCUT2D eigenvalue weighted by molar-refractivity contribution is 6.33. The first-order valence-corrected chi connectivity index (χ1v) is 7.30. The van der Waals surface area contributed by atoms with Crippen molar-refractivity contribution < 1.29 is 0 Å². The van der Waals surface area contributed by atoms with E-state index in [0.29, 0.717) is 16.6 Å². The van der Waals surface area contributed by atoms with Crippen LogP contribution in [0.15, 0.2) is 12.7 Å². The number of rotatable bonds is 1. The maximum Gasteiger partial charge on any atom is 0.165 e. The average molecular weight is 277 g/mol. The lowest BCUT2D eigenvalue weighted by Gasteiger charge is -2.39. The van der Waals surface area contributed by atoms with Gasteiger partial charge in [0.15, 0.2) is 10.8 Å². The molecule has 2 saturated carbocycles. The second-order valence-corrected chi connectivity index (χ2v) is 6.88. The standard InChI is InChI=1S/C14H17ClN4/c1-14(2)9-4-3-8(5-9)11(14)19-7-18-10-12(15)16-6-17-13(10)19/h6-9,11H,3-5H2,1-2H3/t8-,9+,11+/m1/s1. The van der Waals surface area contributed by atoms with Gasteiger partial charge in [-0.05, 0) is 36.5 Å². The average Bonchev–Trinajstić information content (AvgIpc) is 3.02. The van der Waals surface area contributed by atoms with Gasteiger partial charge in [0.2, 0.25) is 0 Å². The van der Waals surface area contributed by atoms with Crippen molar-refractivity contribution in [2.24, 2.45) is 17.3 Å². The molecule has 2 heterocycles. The van der Waals surface area contributed by atoms with Gasteiger partial charge >= 0.3 is 0 Å². The summed E-state index contributed by atoms with van der Waals surface area (Å²) in [6, 6.07) is 0.488. The number of aromatic nitrogens is 4. The Hall–Kier alpha value is -1.16. The molecule has 0 radical (unpaired) electrons. The molecule has 0 N–H and O–H groups in total. The van der Waals surface area contributed by atoms with Gasteiger partial charge < -0.3 is 4.57 Å². The Kier molecular flexibility index (Phi) is 2.26. The van der Waals surface area contributed by atoms with E-state index in [-0.39, 0.29) is 0 Å². The molecule has 4 rings (SSSR count). The van der Waals surface area contributed by atoms with Crippen molar-refractivity contribution in [3.05, 3.63) is 17.8 Å². The van der Waals surface area contributed by atoms with Crippen LogP contribution in [0, 0.1) is 17.3 Å².